The van der Waals surface area contributed by atoms with Crippen molar-refractivity contribution >= 4 is 32.8 Å². The lowest BCUT2D eigenvalue weighted by Crippen LogP contribution is -2.30. The fraction of sp³-hybridized carbons (Fsp3) is 0.400. The van der Waals surface area contributed by atoms with Crippen molar-refractivity contribution < 1.29 is 9.21 Å². The first-order chi connectivity index (χ1) is 9.60. The molecular formula is C15H17BrN2O2. The molecule has 0 aliphatic carbocycles. The van der Waals surface area contributed by atoms with E-state index in [4.69, 9.17) is 10.2 Å². The first-order valence-corrected chi connectivity index (χ1v) is 7.57. The van der Waals surface area contributed by atoms with Gasteiger partial charge in [-0.15, -0.1) is 0 Å². The molecule has 106 valence electrons. The van der Waals surface area contributed by atoms with Gasteiger partial charge in [-0.25, -0.2) is 0 Å². The zero-order chi connectivity index (χ0) is 14.3. The minimum absolute atomic E-state index is 0.0224. The number of carbonyl (C=O) groups is 1. The van der Waals surface area contributed by atoms with E-state index in [0.29, 0.717) is 18.2 Å². The lowest BCUT2D eigenvalue weighted by Gasteiger charge is -2.14. The van der Waals surface area contributed by atoms with Crippen LogP contribution in [0.3, 0.4) is 0 Å². The van der Waals surface area contributed by atoms with Gasteiger partial charge in [0, 0.05) is 28.5 Å². The maximum Gasteiger partial charge on any atom is 0.289 e. The zero-order valence-electron chi connectivity index (χ0n) is 11.4. The van der Waals surface area contributed by atoms with E-state index in [1.807, 2.05) is 30.0 Å². The quantitative estimate of drug-likeness (QED) is 0.917. The van der Waals surface area contributed by atoms with Crippen molar-refractivity contribution in [1.82, 2.24) is 4.90 Å². The van der Waals surface area contributed by atoms with Crippen LogP contribution in [0.4, 0.5) is 0 Å². The zero-order valence-corrected chi connectivity index (χ0v) is 12.9. The second kappa shape index (κ2) is 5.22. The second-order valence-electron chi connectivity index (χ2n) is 5.34. The molecule has 1 saturated heterocycles. The number of likely N-dealkylation sites (tertiary alicyclic amines) is 1. The number of carbonyl (C=O) groups excluding carboxylic acids is 1. The second-order valence-corrected chi connectivity index (χ2v) is 6.25. The Balaban J connectivity index is 1.94. The Labute approximate surface area is 126 Å². The maximum absolute atomic E-state index is 12.6. The number of amides is 1. The molecule has 2 N–H and O–H groups in total. The molecule has 1 amide bonds. The van der Waals surface area contributed by atoms with E-state index < -0.39 is 0 Å². The molecule has 1 atom stereocenters. The summed E-state index contributed by atoms with van der Waals surface area (Å²) in [5.41, 5.74) is 7.33. The topological polar surface area (TPSA) is 59.5 Å². The summed E-state index contributed by atoms with van der Waals surface area (Å²) < 4.78 is 6.74. The predicted octanol–water partition coefficient (Wildman–Crippen LogP) is 2.92. The third-order valence-corrected chi connectivity index (χ3v) is 4.49. The van der Waals surface area contributed by atoms with E-state index in [2.05, 4.69) is 15.9 Å². The molecule has 4 nitrogen and oxygen atoms in total. The summed E-state index contributed by atoms with van der Waals surface area (Å²) in [6, 6.07) is 5.79. The van der Waals surface area contributed by atoms with Crippen molar-refractivity contribution in [2.45, 2.75) is 13.3 Å². The summed E-state index contributed by atoms with van der Waals surface area (Å²) >= 11 is 3.45. The van der Waals surface area contributed by atoms with E-state index >= 15 is 0 Å². The average Bonchev–Trinajstić information content (AvgIpc) is 3.04. The van der Waals surface area contributed by atoms with E-state index in [0.717, 1.165) is 40.5 Å². The van der Waals surface area contributed by atoms with Gasteiger partial charge in [-0.05, 0) is 44.0 Å². The molecular weight excluding hydrogens is 320 g/mol. The van der Waals surface area contributed by atoms with Crippen molar-refractivity contribution in [1.29, 1.82) is 0 Å². The van der Waals surface area contributed by atoms with Crippen molar-refractivity contribution in [3.63, 3.8) is 0 Å². The SMILES string of the molecule is Cc1c(C(=O)N2CCC(CN)C2)oc2ccc(Br)cc12. The monoisotopic (exact) mass is 336 g/mol. The number of furan rings is 1. The maximum atomic E-state index is 12.6. The summed E-state index contributed by atoms with van der Waals surface area (Å²) in [5, 5.41) is 0.984. The Morgan fingerprint density at radius 1 is 1.55 bits per heavy atom. The molecule has 1 aromatic carbocycles. The van der Waals surface area contributed by atoms with Crippen molar-refractivity contribution in [3.05, 3.63) is 34.0 Å². The Bertz CT molecular complexity index is 665. The molecule has 1 aliphatic rings. The highest BCUT2D eigenvalue weighted by atomic mass is 79.9. The molecule has 0 bridgehead atoms. The molecule has 2 aromatic rings. The van der Waals surface area contributed by atoms with Crippen LogP contribution in [-0.2, 0) is 0 Å². The van der Waals surface area contributed by atoms with E-state index in [-0.39, 0.29) is 5.91 Å². The Kier molecular flexibility index (Phi) is 3.56. The van der Waals surface area contributed by atoms with Crippen molar-refractivity contribution in [2.75, 3.05) is 19.6 Å². The smallest absolute Gasteiger partial charge is 0.289 e. The summed E-state index contributed by atoms with van der Waals surface area (Å²) in [6.07, 6.45) is 0.979. The number of halogens is 1. The molecule has 1 unspecified atom stereocenters. The Morgan fingerprint density at radius 3 is 3.05 bits per heavy atom. The average molecular weight is 337 g/mol. The molecule has 5 heteroatoms. The van der Waals surface area contributed by atoms with Crippen molar-refractivity contribution in [2.24, 2.45) is 11.7 Å². The first kappa shape index (κ1) is 13.6. The third kappa shape index (κ3) is 2.25. The van der Waals surface area contributed by atoms with Crippen LogP contribution in [0.5, 0.6) is 0 Å². The normalized spacial score (nSPS) is 18.9. The van der Waals surface area contributed by atoms with Gasteiger partial charge in [0.2, 0.25) is 0 Å². The molecule has 1 fully saturated rings. The lowest BCUT2D eigenvalue weighted by atomic mass is 10.1. The van der Waals surface area contributed by atoms with Gasteiger partial charge >= 0.3 is 0 Å². The van der Waals surface area contributed by atoms with Gasteiger partial charge in [0.1, 0.15) is 5.58 Å². The van der Waals surface area contributed by atoms with Crippen LogP contribution in [0.15, 0.2) is 27.1 Å². The number of rotatable bonds is 2. The van der Waals surface area contributed by atoms with Crippen LogP contribution in [0.2, 0.25) is 0 Å². The molecule has 0 spiro atoms. The minimum atomic E-state index is -0.0224. The first-order valence-electron chi connectivity index (χ1n) is 6.78. The van der Waals surface area contributed by atoms with Crippen LogP contribution in [0, 0.1) is 12.8 Å². The number of nitrogens with two attached hydrogens (primary N) is 1. The standard InChI is InChI=1S/C15H17BrN2O2/c1-9-12-6-11(16)2-3-13(12)20-14(9)15(19)18-5-4-10(7-17)8-18/h2-3,6,10H,4-5,7-8,17H2,1H3. The van der Waals surface area contributed by atoms with E-state index in [9.17, 15) is 4.79 Å². The van der Waals surface area contributed by atoms with Gasteiger partial charge in [0.25, 0.3) is 5.91 Å². The number of aryl methyl sites for hydroxylation is 1. The van der Waals surface area contributed by atoms with E-state index in [1.165, 1.54) is 0 Å². The largest absolute Gasteiger partial charge is 0.451 e. The highest BCUT2D eigenvalue weighted by molar-refractivity contribution is 9.10. The molecule has 1 aromatic heterocycles. The summed E-state index contributed by atoms with van der Waals surface area (Å²) in [7, 11) is 0. The number of benzene rings is 1. The van der Waals surface area contributed by atoms with Crippen LogP contribution in [0.1, 0.15) is 22.5 Å². The fourth-order valence-electron chi connectivity index (χ4n) is 2.75. The summed E-state index contributed by atoms with van der Waals surface area (Å²) in [4.78, 5) is 14.4. The van der Waals surface area contributed by atoms with Crippen LogP contribution in [0.25, 0.3) is 11.0 Å². The van der Waals surface area contributed by atoms with E-state index in [1.54, 1.807) is 0 Å². The van der Waals surface area contributed by atoms with Crippen LogP contribution >= 0.6 is 15.9 Å². The molecule has 2 heterocycles. The molecule has 3 rings (SSSR count). The number of hydrogen-bond acceptors (Lipinski definition) is 3. The number of nitrogens with zero attached hydrogens (tertiary/aromatic N) is 1. The van der Waals surface area contributed by atoms with Gasteiger partial charge < -0.3 is 15.1 Å². The highest BCUT2D eigenvalue weighted by Crippen LogP contribution is 2.29. The molecule has 1 aliphatic heterocycles. The summed E-state index contributed by atoms with van der Waals surface area (Å²) in [5.74, 6) is 0.847. The molecule has 0 saturated carbocycles. The van der Waals surface area contributed by atoms with Gasteiger partial charge in [0.05, 0.1) is 0 Å². The molecule has 20 heavy (non-hydrogen) atoms. The Hall–Kier alpha value is -1.33. The van der Waals surface area contributed by atoms with Gasteiger partial charge in [-0.2, -0.15) is 0 Å². The third-order valence-electron chi connectivity index (χ3n) is 4.00. The van der Waals surface area contributed by atoms with Gasteiger partial charge in [-0.3, -0.25) is 4.79 Å². The van der Waals surface area contributed by atoms with Gasteiger partial charge in [-0.1, -0.05) is 15.9 Å². The minimum Gasteiger partial charge on any atom is -0.451 e. The Morgan fingerprint density at radius 2 is 2.35 bits per heavy atom. The fourth-order valence-corrected chi connectivity index (χ4v) is 3.11. The molecule has 0 radical (unpaired) electrons. The highest BCUT2D eigenvalue weighted by Gasteiger charge is 2.29. The number of fused-ring (bicyclic) bond motifs is 1. The van der Waals surface area contributed by atoms with Crippen LogP contribution in [-0.4, -0.2) is 30.4 Å². The van der Waals surface area contributed by atoms with Crippen LogP contribution < -0.4 is 5.73 Å². The van der Waals surface area contributed by atoms with Gasteiger partial charge in [0.15, 0.2) is 5.76 Å². The lowest BCUT2D eigenvalue weighted by molar-refractivity contribution is 0.0757. The number of hydrogen-bond donors (Lipinski definition) is 1. The summed E-state index contributed by atoms with van der Waals surface area (Å²) in [6.45, 7) is 4.06. The predicted molar refractivity (Wildman–Crippen MR) is 81.7 cm³/mol. The van der Waals surface area contributed by atoms with Crippen molar-refractivity contribution in [3.8, 4) is 0 Å².